The number of nitrogens with zero attached hydrogens (tertiary/aromatic N) is 1. The molecule has 1 aromatic heterocycles. The number of aromatic nitrogens is 1. The Bertz CT molecular complexity index is 707. The summed E-state index contributed by atoms with van der Waals surface area (Å²) in [7, 11) is 2.11. The van der Waals surface area contributed by atoms with Crippen LogP contribution < -0.4 is 5.73 Å². The molecule has 1 heterocycles. The average molecular weight is 338 g/mol. The van der Waals surface area contributed by atoms with Crippen molar-refractivity contribution in [3.63, 3.8) is 0 Å². The van der Waals surface area contributed by atoms with Crippen molar-refractivity contribution >= 4 is 22.8 Å². The van der Waals surface area contributed by atoms with E-state index in [1.54, 1.807) is 0 Å². The first-order valence-corrected chi connectivity index (χ1v) is 7.27. The Kier molecular flexibility index (Phi) is 6.90. The van der Waals surface area contributed by atoms with Crippen LogP contribution in [0, 0.1) is 6.92 Å². The van der Waals surface area contributed by atoms with Crippen LogP contribution in [0.2, 0.25) is 0 Å². The largest absolute Gasteiger partial charge is 0.479 e. The molecule has 0 fully saturated rings. The summed E-state index contributed by atoms with van der Waals surface area (Å²) in [5.41, 5.74) is 9.64. The molecule has 0 amide bonds. The van der Waals surface area contributed by atoms with E-state index in [9.17, 15) is 9.59 Å². The molecular formula is C16H22N2O6. The molecule has 2 atom stereocenters. The monoisotopic (exact) mass is 338 g/mol. The fourth-order valence-corrected chi connectivity index (χ4v) is 2.33. The molecule has 8 nitrogen and oxygen atoms in total. The molecule has 1 aromatic carbocycles. The predicted octanol–water partition coefficient (Wildman–Crippen LogP) is -0.135. The highest BCUT2D eigenvalue weighted by Gasteiger charge is 2.29. The van der Waals surface area contributed by atoms with Crippen molar-refractivity contribution in [1.82, 2.24) is 4.57 Å². The van der Waals surface area contributed by atoms with Crippen molar-refractivity contribution < 1.29 is 30.0 Å². The number of carbonyl (C=O) groups is 2. The number of carboxylic acid groups (broad SMARTS) is 2. The number of aliphatic hydroxyl groups is 2. The first-order valence-electron chi connectivity index (χ1n) is 7.27. The van der Waals surface area contributed by atoms with Gasteiger partial charge < -0.3 is 30.7 Å². The third-order valence-corrected chi connectivity index (χ3v) is 3.73. The first kappa shape index (κ1) is 19.6. The Hall–Kier alpha value is -2.42. The van der Waals surface area contributed by atoms with Crippen LogP contribution in [-0.4, -0.2) is 55.7 Å². The molecule has 0 saturated carbocycles. The molecule has 0 saturated heterocycles. The SMILES string of the molecule is Cc1c(CCN)c2ccccc2n1C.O=C(O)[C@H](O)[C@@H](O)C(=O)O. The molecule has 132 valence electrons. The first-order chi connectivity index (χ1) is 11.2. The Labute approximate surface area is 138 Å². The highest BCUT2D eigenvalue weighted by Crippen LogP contribution is 2.24. The average Bonchev–Trinajstić information content (AvgIpc) is 2.79. The van der Waals surface area contributed by atoms with Gasteiger partial charge in [0.2, 0.25) is 0 Å². The smallest absolute Gasteiger partial charge is 0.335 e. The second kappa shape index (κ2) is 8.44. The molecule has 8 heteroatoms. The number of aryl methyl sites for hydroxylation is 1. The van der Waals surface area contributed by atoms with Crippen LogP contribution in [0.15, 0.2) is 24.3 Å². The second-order valence-corrected chi connectivity index (χ2v) is 5.24. The number of carboxylic acids is 2. The number of nitrogens with two attached hydrogens (primary N) is 1. The number of hydrogen-bond donors (Lipinski definition) is 5. The molecule has 0 bridgehead atoms. The van der Waals surface area contributed by atoms with Crippen molar-refractivity contribution in [2.45, 2.75) is 25.6 Å². The highest BCUT2D eigenvalue weighted by atomic mass is 16.4. The second-order valence-electron chi connectivity index (χ2n) is 5.24. The van der Waals surface area contributed by atoms with E-state index in [1.165, 1.54) is 22.2 Å². The molecule has 0 radical (unpaired) electrons. The molecule has 6 N–H and O–H groups in total. The van der Waals surface area contributed by atoms with Gasteiger partial charge >= 0.3 is 11.9 Å². The lowest BCUT2D eigenvalue weighted by atomic mass is 10.1. The number of benzene rings is 1. The summed E-state index contributed by atoms with van der Waals surface area (Å²) in [6, 6.07) is 8.49. The van der Waals surface area contributed by atoms with Crippen LogP contribution in [-0.2, 0) is 23.1 Å². The molecule has 2 rings (SSSR count). The van der Waals surface area contributed by atoms with E-state index >= 15 is 0 Å². The topological polar surface area (TPSA) is 146 Å². The summed E-state index contributed by atoms with van der Waals surface area (Å²) in [6.07, 6.45) is -3.57. The van der Waals surface area contributed by atoms with Gasteiger partial charge in [0.25, 0.3) is 0 Å². The van der Waals surface area contributed by atoms with Gasteiger partial charge in [-0.15, -0.1) is 0 Å². The third-order valence-electron chi connectivity index (χ3n) is 3.73. The lowest BCUT2D eigenvalue weighted by Gasteiger charge is -2.07. The van der Waals surface area contributed by atoms with E-state index in [0.29, 0.717) is 0 Å². The lowest BCUT2D eigenvalue weighted by molar-refractivity contribution is -0.165. The van der Waals surface area contributed by atoms with Crippen LogP contribution in [0.3, 0.4) is 0 Å². The third kappa shape index (κ3) is 4.31. The van der Waals surface area contributed by atoms with Gasteiger partial charge in [0.05, 0.1) is 0 Å². The van der Waals surface area contributed by atoms with Crippen LogP contribution in [0.5, 0.6) is 0 Å². The normalized spacial score (nSPS) is 13.0. The van der Waals surface area contributed by atoms with Crippen LogP contribution in [0.25, 0.3) is 10.9 Å². The van der Waals surface area contributed by atoms with Crippen molar-refractivity contribution in [3.8, 4) is 0 Å². The maximum Gasteiger partial charge on any atom is 0.335 e. The van der Waals surface area contributed by atoms with E-state index in [4.69, 9.17) is 26.2 Å². The summed E-state index contributed by atoms with van der Waals surface area (Å²) in [6.45, 7) is 2.87. The van der Waals surface area contributed by atoms with Gasteiger partial charge in [-0.1, -0.05) is 18.2 Å². The van der Waals surface area contributed by atoms with E-state index in [-0.39, 0.29) is 0 Å². The Morgan fingerprint density at radius 3 is 2.08 bits per heavy atom. The van der Waals surface area contributed by atoms with Gasteiger partial charge in [-0.3, -0.25) is 0 Å². The molecule has 2 aromatic rings. The highest BCUT2D eigenvalue weighted by molar-refractivity contribution is 5.85. The zero-order valence-electron chi connectivity index (χ0n) is 13.5. The number of para-hydroxylation sites is 1. The molecule has 0 unspecified atom stereocenters. The van der Waals surface area contributed by atoms with Crippen molar-refractivity contribution in [2.24, 2.45) is 12.8 Å². The van der Waals surface area contributed by atoms with Crippen LogP contribution in [0.4, 0.5) is 0 Å². The quantitative estimate of drug-likeness (QED) is 0.510. The zero-order valence-corrected chi connectivity index (χ0v) is 13.5. The Balaban J connectivity index is 0.000000257. The van der Waals surface area contributed by atoms with Crippen molar-refractivity contribution in [3.05, 3.63) is 35.5 Å². The standard InChI is InChI=1S/C12H16N2.C4H6O6/c1-9-10(7-8-13)11-5-3-4-6-12(11)14(9)2;5-1(3(7)8)2(6)4(9)10/h3-6H,7-8,13H2,1-2H3;1-2,5-6H,(H,7,8)(H,9,10)/t;1-,2-/m.1/s1. The zero-order chi connectivity index (χ0) is 18.4. The Morgan fingerprint density at radius 2 is 1.62 bits per heavy atom. The summed E-state index contributed by atoms with van der Waals surface area (Å²) in [4.78, 5) is 19.5. The summed E-state index contributed by atoms with van der Waals surface area (Å²) in [5.74, 6) is -3.54. The summed E-state index contributed by atoms with van der Waals surface area (Å²) >= 11 is 0. The molecule has 0 aliphatic rings. The fraction of sp³-hybridized carbons (Fsp3) is 0.375. The van der Waals surface area contributed by atoms with Gasteiger partial charge in [0.15, 0.2) is 12.2 Å². The number of rotatable bonds is 5. The molecule has 24 heavy (non-hydrogen) atoms. The van der Waals surface area contributed by atoms with Gasteiger partial charge in [0, 0.05) is 23.6 Å². The minimum atomic E-state index is -2.27. The molecule has 0 aliphatic heterocycles. The van der Waals surface area contributed by atoms with Crippen molar-refractivity contribution in [2.75, 3.05) is 6.54 Å². The van der Waals surface area contributed by atoms with E-state index in [0.717, 1.165) is 13.0 Å². The lowest BCUT2D eigenvalue weighted by Crippen LogP contribution is -2.39. The maximum absolute atomic E-state index is 9.77. The number of hydrogen-bond acceptors (Lipinski definition) is 5. The number of aliphatic hydroxyl groups excluding tert-OH is 2. The minimum absolute atomic E-state index is 0.717. The van der Waals surface area contributed by atoms with Gasteiger partial charge in [-0.25, -0.2) is 9.59 Å². The molecular weight excluding hydrogens is 316 g/mol. The van der Waals surface area contributed by atoms with Crippen LogP contribution >= 0.6 is 0 Å². The van der Waals surface area contributed by atoms with Gasteiger partial charge in [0.1, 0.15) is 0 Å². The summed E-state index contributed by atoms with van der Waals surface area (Å²) < 4.78 is 2.24. The van der Waals surface area contributed by atoms with E-state index in [1.807, 2.05) is 0 Å². The van der Waals surface area contributed by atoms with Gasteiger partial charge in [-0.2, -0.15) is 0 Å². The summed E-state index contributed by atoms with van der Waals surface area (Å²) in [5, 5.41) is 33.9. The van der Waals surface area contributed by atoms with Crippen LogP contribution in [0.1, 0.15) is 11.3 Å². The van der Waals surface area contributed by atoms with E-state index in [2.05, 4.69) is 42.8 Å². The Morgan fingerprint density at radius 1 is 1.12 bits per heavy atom. The van der Waals surface area contributed by atoms with Crippen molar-refractivity contribution in [1.29, 1.82) is 0 Å². The molecule has 0 spiro atoms. The van der Waals surface area contributed by atoms with E-state index < -0.39 is 24.1 Å². The number of fused-ring (bicyclic) bond motifs is 1. The fourth-order valence-electron chi connectivity index (χ4n) is 2.33. The predicted molar refractivity (Wildman–Crippen MR) is 87.7 cm³/mol. The maximum atomic E-state index is 9.77. The minimum Gasteiger partial charge on any atom is -0.479 e. The number of aliphatic carboxylic acids is 2. The molecule has 0 aliphatic carbocycles. The van der Waals surface area contributed by atoms with Gasteiger partial charge in [-0.05, 0) is 31.5 Å².